The van der Waals surface area contributed by atoms with Crippen LogP contribution in [0, 0.1) is 0 Å². The first-order valence-electron chi connectivity index (χ1n) is 16.0. The molecule has 0 N–H and O–H groups in total. The van der Waals surface area contributed by atoms with E-state index < -0.39 is 0 Å². The Morgan fingerprint density at radius 1 is 0.438 bits per heavy atom. The molecule has 0 spiro atoms. The van der Waals surface area contributed by atoms with Gasteiger partial charge in [-0.1, -0.05) is 133 Å². The number of nitrogens with zero attached hydrogens (tertiary/aromatic N) is 4. The minimum atomic E-state index is 0.596. The van der Waals surface area contributed by atoms with Gasteiger partial charge in [-0.2, -0.15) is 0 Å². The molecule has 0 aliphatic rings. The van der Waals surface area contributed by atoms with Gasteiger partial charge in [-0.05, 0) is 29.7 Å². The summed E-state index contributed by atoms with van der Waals surface area (Å²) in [5, 5.41) is 6.77. The molecular formula is C43H26N4O. The third-order valence-corrected chi connectivity index (χ3v) is 9.25. The first-order valence-corrected chi connectivity index (χ1v) is 16.0. The van der Waals surface area contributed by atoms with E-state index in [2.05, 4.69) is 89.5 Å². The fraction of sp³-hybridized carbons (Fsp3) is 0. The Bertz CT molecular complexity index is 2780. The molecule has 5 nitrogen and oxygen atoms in total. The van der Waals surface area contributed by atoms with Crippen LogP contribution in [-0.4, -0.2) is 19.5 Å². The molecule has 0 bridgehead atoms. The van der Waals surface area contributed by atoms with Gasteiger partial charge in [0, 0.05) is 43.6 Å². The normalized spacial score (nSPS) is 11.8. The van der Waals surface area contributed by atoms with Crippen molar-refractivity contribution in [2.75, 3.05) is 0 Å². The lowest BCUT2D eigenvalue weighted by atomic mass is 10.0. The zero-order chi connectivity index (χ0) is 31.6. The van der Waals surface area contributed by atoms with Crippen molar-refractivity contribution in [1.82, 2.24) is 19.5 Å². The van der Waals surface area contributed by atoms with Crippen LogP contribution in [0.5, 0.6) is 0 Å². The Hall–Kier alpha value is -6.59. The molecule has 0 saturated carbocycles. The van der Waals surface area contributed by atoms with E-state index in [-0.39, 0.29) is 0 Å². The van der Waals surface area contributed by atoms with Gasteiger partial charge in [0.25, 0.3) is 0 Å². The Labute approximate surface area is 275 Å². The van der Waals surface area contributed by atoms with E-state index in [4.69, 9.17) is 19.4 Å². The van der Waals surface area contributed by atoms with Crippen molar-refractivity contribution < 1.29 is 4.42 Å². The van der Waals surface area contributed by atoms with E-state index in [1.165, 1.54) is 21.5 Å². The summed E-state index contributed by atoms with van der Waals surface area (Å²) < 4.78 is 9.18. The van der Waals surface area contributed by atoms with Crippen molar-refractivity contribution in [3.8, 4) is 39.9 Å². The maximum Gasteiger partial charge on any atom is 0.164 e. The highest BCUT2D eigenvalue weighted by Crippen LogP contribution is 2.43. The van der Waals surface area contributed by atoms with Gasteiger partial charge in [-0.15, -0.1) is 0 Å². The highest BCUT2D eigenvalue weighted by atomic mass is 16.3. The standard InChI is InChI=1S/C43H26N4O/c1-3-14-28(15-4-1)41-44-42(29-16-5-2-6-17-29)46-43(45-41)34-25-26-36(40-38(34)33-20-10-12-22-37(33)48-40)47-35-21-11-9-19-31(35)32-24-23-27-13-7-8-18-30(27)39(32)47/h1-26H. The third kappa shape index (κ3) is 4.01. The number of para-hydroxylation sites is 2. The van der Waals surface area contributed by atoms with Crippen LogP contribution in [0.3, 0.4) is 0 Å². The quantitative estimate of drug-likeness (QED) is 0.198. The zero-order valence-corrected chi connectivity index (χ0v) is 25.7. The minimum absolute atomic E-state index is 0.596. The molecule has 0 amide bonds. The Morgan fingerprint density at radius 2 is 1.04 bits per heavy atom. The molecule has 0 saturated heterocycles. The van der Waals surface area contributed by atoms with Crippen LogP contribution in [-0.2, 0) is 0 Å². The van der Waals surface area contributed by atoms with E-state index in [0.717, 1.165) is 55.3 Å². The molecule has 0 radical (unpaired) electrons. The second-order valence-electron chi connectivity index (χ2n) is 12.0. The van der Waals surface area contributed by atoms with E-state index in [1.54, 1.807) is 0 Å². The van der Waals surface area contributed by atoms with Crippen LogP contribution in [0.1, 0.15) is 0 Å². The van der Waals surface area contributed by atoms with E-state index in [0.29, 0.717) is 17.5 Å². The van der Waals surface area contributed by atoms with E-state index in [9.17, 15) is 0 Å². The fourth-order valence-electron chi connectivity index (χ4n) is 7.09. The van der Waals surface area contributed by atoms with E-state index >= 15 is 0 Å². The second kappa shape index (κ2) is 10.5. The molecule has 5 heteroatoms. The van der Waals surface area contributed by atoms with Gasteiger partial charge in [0.1, 0.15) is 5.58 Å². The number of aromatic nitrogens is 4. The predicted molar refractivity (Wildman–Crippen MR) is 195 cm³/mol. The Kier molecular flexibility index (Phi) is 5.81. The van der Waals surface area contributed by atoms with Gasteiger partial charge in [0.05, 0.1) is 16.7 Å². The molecule has 3 heterocycles. The minimum Gasteiger partial charge on any atom is -0.454 e. The Balaban J connectivity index is 1.32. The van der Waals surface area contributed by atoms with Crippen molar-refractivity contribution in [2.24, 2.45) is 0 Å². The number of hydrogen-bond acceptors (Lipinski definition) is 4. The molecule has 10 rings (SSSR count). The monoisotopic (exact) mass is 614 g/mol. The summed E-state index contributed by atoms with van der Waals surface area (Å²) in [6, 6.07) is 54.3. The van der Waals surface area contributed by atoms with Crippen molar-refractivity contribution in [3.05, 3.63) is 158 Å². The van der Waals surface area contributed by atoms with Gasteiger partial charge in [-0.25, -0.2) is 15.0 Å². The lowest BCUT2D eigenvalue weighted by Crippen LogP contribution is -2.01. The number of rotatable bonds is 4. The molecular weight excluding hydrogens is 589 g/mol. The van der Waals surface area contributed by atoms with Gasteiger partial charge in [0.2, 0.25) is 0 Å². The molecule has 0 aliphatic heterocycles. The first-order chi connectivity index (χ1) is 23.8. The number of benzene rings is 7. The topological polar surface area (TPSA) is 56.7 Å². The average molecular weight is 615 g/mol. The third-order valence-electron chi connectivity index (χ3n) is 9.25. The highest BCUT2D eigenvalue weighted by molar-refractivity contribution is 6.20. The molecule has 0 aliphatic carbocycles. The van der Waals surface area contributed by atoms with Crippen LogP contribution in [0.15, 0.2) is 162 Å². The summed E-state index contributed by atoms with van der Waals surface area (Å²) in [5.41, 5.74) is 7.59. The molecule has 7 aromatic carbocycles. The van der Waals surface area contributed by atoms with Crippen molar-refractivity contribution in [2.45, 2.75) is 0 Å². The number of hydrogen-bond donors (Lipinski definition) is 0. The van der Waals surface area contributed by atoms with Crippen LogP contribution in [0.2, 0.25) is 0 Å². The van der Waals surface area contributed by atoms with Gasteiger partial charge in [0.15, 0.2) is 23.1 Å². The van der Waals surface area contributed by atoms with Gasteiger partial charge < -0.3 is 8.98 Å². The summed E-state index contributed by atoms with van der Waals surface area (Å²) in [6.45, 7) is 0. The fourth-order valence-corrected chi connectivity index (χ4v) is 7.09. The lowest BCUT2D eigenvalue weighted by Gasteiger charge is -2.13. The van der Waals surface area contributed by atoms with Crippen LogP contribution >= 0.6 is 0 Å². The van der Waals surface area contributed by atoms with Gasteiger partial charge in [-0.3, -0.25) is 0 Å². The molecule has 0 atom stereocenters. The summed E-state index contributed by atoms with van der Waals surface area (Å²) in [4.78, 5) is 15.1. The van der Waals surface area contributed by atoms with Crippen LogP contribution in [0.4, 0.5) is 0 Å². The van der Waals surface area contributed by atoms with Gasteiger partial charge >= 0.3 is 0 Å². The molecule has 48 heavy (non-hydrogen) atoms. The molecule has 10 aromatic rings. The highest BCUT2D eigenvalue weighted by Gasteiger charge is 2.23. The summed E-state index contributed by atoms with van der Waals surface area (Å²) in [6.07, 6.45) is 0. The van der Waals surface area contributed by atoms with Crippen molar-refractivity contribution in [1.29, 1.82) is 0 Å². The summed E-state index contributed by atoms with van der Waals surface area (Å²) in [7, 11) is 0. The number of fused-ring (bicyclic) bond motifs is 8. The molecule has 3 aromatic heterocycles. The SMILES string of the molecule is c1ccc(-c2nc(-c3ccccc3)nc(-c3ccc(-n4c5ccccc5c5ccc6ccccc6c54)c4oc5ccccc5c34)n2)cc1. The molecule has 0 fully saturated rings. The maximum absolute atomic E-state index is 6.82. The summed E-state index contributed by atoms with van der Waals surface area (Å²) >= 11 is 0. The van der Waals surface area contributed by atoms with Crippen LogP contribution < -0.4 is 0 Å². The molecule has 0 unspecified atom stereocenters. The second-order valence-corrected chi connectivity index (χ2v) is 12.0. The predicted octanol–water partition coefficient (Wildman–Crippen LogP) is 11.0. The van der Waals surface area contributed by atoms with Crippen molar-refractivity contribution >= 4 is 54.5 Å². The maximum atomic E-state index is 6.82. The largest absolute Gasteiger partial charge is 0.454 e. The number of furan rings is 1. The average Bonchev–Trinajstić information content (AvgIpc) is 3.72. The summed E-state index contributed by atoms with van der Waals surface area (Å²) in [5.74, 6) is 1.84. The Morgan fingerprint density at radius 3 is 1.79 bits per heavy atom. The van der Waals surface area contributed by atoms with Crippen LogP contribution in [0.25, 0.3) is 94.4 Å². The first kappa shape index (κ1) is 26.6. The van der Waals surface area contributed by atoms with E-state index in [1.807, 2.05) is 72.8 Å². The molecule has 224 valence electrons. The smallest absolute Gasteiger partial charge is 0.164 e. The van der Waals surface area contributed by atoms with Crippen molar-refractivity contribution in [3.63, 3.8) is 0 Å². The zero-order valence-electron chi connectivity index (χ0n) is 25.7. The lowest BCUT2D eigenvalue weighted by molar-refractivity contribution is 0.666.